The predicted octanol–water partition coefficient (Wildman–Crippen LogP) is 1.38. The van der Waals surface area contributed by atoms with Gasteiger partial charge in [0.15, 0.2) is 5.82 Å². The largest absolute Gasteiger partial charge is 0.478 e. The number of aromatic nitrogens is 4. The topological polar surface area (TPSA) is 127 Å². The van der Waals surface area contributed by atoms with Crippen molar-refractivity contribution in [3.8, 4) is 11.4 Å². The predicted molar refractivity (Wildman–Crippen MR) is 88.4 cm³/mol. The number of nitrogens with zero attached hydrogens (tertiary/aromatic N) is 4. The Bertz CT molecular complexity index is 1050. The molecule has 1 heterocycles. The molecule has 0 atom stereocenters. The molecule has 3 rings (SSSR count). The molecule has 0 fully saturated rings. The first-order valence-electron chi connectivity index (χ1n) is 7.06. The third-order valence-electron chi connectivity index (χ3n) is 3.38. The standard InChI is InChI=1S/C15H13N5O4S/c1-20-14(16-18-19-20)10-4-2-6-12(8-10)17-25(23,24)13-7-3-5-11(9-13)15(21)22/h2-9,17H,1H3,(H,21,22). The minimum atomic E-state index is -3.94. The summed E-state index contributed by atoms with van der Waals surface area (Å²) in [4.78, 5) is 10.9. The number of nitrogens with one attached hydrogen (secondary N) is 1. The van der Waals surface area contributed by atoms with E-state index in [9.17, 15) is 13.2 Å². The van der Waals surface area contributed by atoms with Crippen LogP contribution in [-0.4, -0.2) is 39.7 Å². The van der Waals surface area contributed by atoms with Crippen LogP contribution >= 0.6 is 0 Å². The van der Waals surface area contributed by atoms with E-state index >= 15 is 0 Å². The Morgan fingerprint density at radius 1 is 1.16 bits per heavy atom. The molecule has 0 aliphatic rings. The van der Waals surface area contributed by atoms with Gasteiger partial charge in [-0.3, -0.25) is 4.72 Å². The molecule has 0 amide bonds. The quantitative estimate of drug-likeness (QED) is 0.704. The molecule has 0 radical (unpaired) electrons. The van der Waals surface area contributed by atoms with Crippen molar-refractivity contribution in [1.29, 1.82) is 0 Å². The summed E-state index contributed by atoms with van der Waals surface area (Å²) in [7, 11) is -2.27. The first-order valence-corrected chi connectivity index (χ1v) is 8.54. The third kappa shape index (κ3) is 3.48. The Morgan fingerprint density at radius 2 is 1.92 bits per heavy atom. The van der Waals surface area contributed by atoms with Gasteiger partial charge in [0, 0.05) is 18.3 Å². The molecule has 0 saturated carbocycles. The van der Waals surface area contributed by atoms with Gasteiger partial charge in [-0.25, -0.2) is 17.9 Å². The number of aromatic carboxylic acids is 1. The van der Waals surface area contributed by atoms with Crippen LogP contribution < -0.4 is 4.72 Å². The maximum absolute atomic E-state index is 12.5. The molecule has 2 N–H and O–H groups in total. The van der Waals surface area contributed by atoms with Crippen LogP contribution in [0.15, 0.2) is 53.4 Å². The maximum atomic E-state index is 12.5. The van der Waals surface area contributed by atoms with Crippen molar-refractivity contribution < 1.29 is 18.3 Å². The number of hydrogen-bond donors (Lipinski definition) is 2. The van der Waals surface area contributed by atoms with Gasteiger partial charge < -0.3 is 5.11 Å². The fraction of sp³-hybridized carbons (Fsp3) is 0.0667. The lowest BCUT2D eigenvalue weighted by molar-refractivity contribution is 0.0696. The minimum absolute atomic E-state index is 0.109. The number of benzene rings is 2. The van der Waals surface area contributed by atoms with Crippen LogP contribution in [0.4, 0.5) is 5.69 Å². The number of hydrogen-bond acceptors (Lipinski definition) is 6. The third-order valence-corrected chi connectivity index (χ3v) is 4.76. The molecule has 0 aliphatic carbocycles. The van der Waals surface area contributed by atoms with Crippen LogP contribution in [0.5, 0.6) is 0 Å². The zero-order valence-corrected chi connectivity index (χ0v) is 13.8. The van der Waals surface area contributed by atoms with Crippen molar-refractivity contribution in [2.45, 2.75) is 4.90 Å². The molecule has 25 heavy (non-hydrogen) atoms. The number of rotatable bonds is 5. The zero-order chi connectivity index (χ0) is 18.0. The summed E-state index contributed by atoms with van der Waals surface area (Å²) >= 11 is 0. The van der Waals surface area contributed by atoms with E-state index in [-0.39, 0.29) is 10.5 Å². The second kappa shape index (κ2) is 6.32. The van der Waals surface area contributed by atoms with Crippen LogP contribution in [-0.2, 0) is 17.1 Å². The first-order chi connectivity index (χ1) is 11.9. The fourth-order valence-corrected chi connectivity index (χ4v) is 3.30. The van der Waals surface area contributed by atoms with Crippen LogP contribution in [0.3, 0.4) is 0 Å². The summed E-state index contributed by atoms with van der Waals surface area (Å²) in [5, 5.41) is 20.1. The molecule has 9 nitrogen and oxygen atoms in total. The smallest absolute Gasteiger partial charge is 0.335 e. The molecule has 0 unspecified atom stereocenters. The molecule has 10 heteroatoms. The summed E-state index contributed by atoms with van der Waals surface area (Å²) in [5.74, 6) is -0.720. The molecule has 0 spiro atoms. The van der Waals surface area contributed by atoms with Gasteiger partial charge in [-0.15, -0.1) is 5.10 Å². The molecular formula is C15H13N5O4S. The van der Waals surface area contributed by atoms with E-state index in [1.54, 1.807) is 31.3 Å². The average Bonchev–Trinajstić information content (AvgIpc) is 3.01. The second-order valence-electron chi connectivity index (χ2n) is 5.15. The number of anilines is 1. The summed E-state index contributed by atoms with van der Waals surface area (Å²) in [6, 6.07) is 11.7. The van der Waals surface area contributed by atoms with Gasteiger partial charge in [0.1, 0.15) is 0 Å². The van der Waals surface area contributed by atoms with Crippen molar-refractivity contribution in [2.75, 3.05) is 4.72 Å². The lowest BCUT2D eigenvalue weighted by atomic mass is 10.2. The van der Waals surface area contributed by atoms with E-state index < -0.39 is 16.0 Å². The number of carboxylic acids is 1. The highest BCUT2D eigenvalue weighted by atomic mass is 32.2. The zero-order valence-electron chi connectivity index (χ0n) is 13.0. The highest BCUT2D eigenvalue weighted by molar-refractivity contribution is 7.92. The minimum Gasteiger partial charge on any atom is -0.478 e. The number of sulfonamides is 1. The van der Waals surface area contributed by atoms with E-state index in [1.807, 2.05) is 0 Å². The van der Waals surface area contributed by atoms with Gasteiger partial charge in [-0.2, -0.15) is 0 Å². The number of carboxylic acid groups (broad SMARTS) is 1. The van der Waals surface area contributed by atoms with E-state index in [0.29, 0.717) is 17.1 Å². The lowest BCUT2D eigenvalue weighted by Crippen LogP contribution is -2.13. The molecule has 2 aromatic carbocycles. The molecule has 1 aromatic heterocycles. The van der Waals surface area contributed by atoms with Crippen LogP contribution in [0.25, 0.3) is 11.4 Å². The van der Waals surface area contributed by atoms with Crippen LogP contribution in [0.1, 0.15) is 10.4 Å². The summed E-state index contributed by atoms with van der Waals surface area (Å²) < 4.78 is 28.9. The van der Waals surface area contributed by atoms with Crippen LogP contribution in [0, 0.1) is 0 Å². The summed E-state index contributed by atoms with van der Waals surface area (Å²) in [6.07, 6.45) is 0. The Hall–Kier alpha value is -3.27. The molecule has 3 aromatic rings. The lowest BCUT2D eigenvalue weighted by Gasteiger charge is -2.09. The van der Waals surface area contributed by atoms with Crippen molar-refractivity contribution in [1.82, 2.24) is 20.2 Å². The second-order valence-corrected chi connectivity index (χ2v) is 6.83. The van der Waals surface area contributed by atoms with Crippen LogP contribution in [0.2, 0.25) is 0 Å². The number of aryl methyl sites for hydroxylation is 1. The SMILES string of the molecule is Cn1nnnc1-c1cccc(NS(=O)(=O)c2cccc(C(=O)O)c2)c1. The van der Waals surface area contributed by atoms with E-state index in [0.717, 1.165) is 6.07 Å². The normalized spacial score (nSPS) is 11.2. The van der Waals surface area contributed by atoms with Crippen molar-refractivity contribution >= 4 is 21.7 Å². The fourth-order valence-electron chi connectivity index (χ4n) is 2.21. The van der Waals surface area contributed by atoms with Gasteiger partial charge >= 0.3 is 5.97 Å². The van der Waals surface area contributed by atoms with Gasteiger partial charge in [-0.05, 0) is 40.8 Å². The molecular weight excluding hydrogens is 346 g/mol. The summed E-state index contributed by atoms with van der Waals surface area (Å²) in [6.45, 7) is 0. The molecule has 0 saturated heterocycles. The molecule has 0 bridgehead atoms. The maximum Gasteiger partial charge on any atom is 0.335 e. The molecule has 128 valence electrons. The Morgan fingerprint density at radius 3 is 2.60 bits per heavy atom. The van der Waals surface area contributed by atoms with Crippen molar-refractivity contribution in [3.05, 3.63) is 54.1 Å². The number of tetrazole rings is 1. The number of carbonyl (C=O) groups is 1. The average molecular weight is 359 g/mol. The van der Waals surface area contributed by atoms with Gasteiger partial charge in [0.25, 0.3) is 10.0 Å². The Labute approximate surface area is 143 Å². The van der Waals surface area contributed by atoms with Gasteiger partial charge in [0.05, 0.1) is 10.5 Å². The highest BCUT2D eigenvalue weighted by Crippen LogP contribution is 2.22. The summed E-state index contributed by atoms with van der Waals surface area (Å²) in [5.41, 5.74) is 0.829. The van der Waals surface area contributed by atoms with E-state index in [1.165, 1.54) is 22.9 Å². The highest BCUT2D eigenvalue weighted by Gasteiger charge is 2.17. The molecule has 0 aliphatic heterocycles. The van der Waals surface area contributed by atoms with E-state index in [4.69, 9.17) is 5.11 Å². The van der Waals surface area contributed by atoms with Crippen molar-refractivity contribution in [2.24, 2.45) is 7.05 Å². The van der Waals surface area contributed by atoms with E-state index in [2.05, 4.69) is 20.2 Å². The van der Waals surface area contributed by atoms with Gasteiger partial charge in [0.2, 0.25) is 0 Å². The Kier molecular flexibility index (Phi) is 4.19. The van der Waals surface area contributed by atoms with Gasteiger partial charge in [-0.1, -0.05) is 18.2 Å². The van der Waals surface area contributed by atoms with Crippen molar-refractivity contribution in [3.63, 3.8) is 0 Å². The monoisotopic (exact) mass is 359 g/mol. The Balaban J connectivity index is 1.93. The first kappa shape index (κ1) is 16.6.